The van der Waals surface area contributed by atoms with Gasteiger partial charge in [-0.25, -0.2) is 8.42 Å². The Morgan fingerprint density at radius 1 is 1.13 bits per heavy atom. The van der Waals surface area contributed by atoms with E-state index in [1.165, 1.54) is 16.4 Å². The van der Waals surface area contributed by atoms with Crippen LogP contribution in [0.25, 0.3) is 11.5 Å². The predicted molar refractivity (Wildman–Crippen MR) is 118 cm³/mol. The van der Waals surface area contributed by atoms with Crippen LogP contribution in [0.1, 0.15) is 37.1 Å². The topological polar surface area (TPSA) is 85.5 Å². The molecular weight excluding hydrogens is 438 g/mol. The number of hydrogen-bond acceptors (Lipinski definition) is 6. The molecule has 0 spiro atoms. The van der Waals surface area contributed by atoms with E-state index in [-0.39, 0.29) is 15.8 Å². The van der Waals surface area contributed by atoms with Crippen LogP contribution in [0.15, 0.2) is 51.8 Å². The molecule has 2 aromatic carbocycles. The Labute approximate surface area is 187 Å². The summed E-state index contributed by atoms with van der Waals surface area (Å²) in [7, 11) is -3.64. The Morgan fingerprint density at radius 2 is 1.84 bits per heavy atom. The van der Waals surface area contributed by atoms with Gasteiger partial charge in [-0.3, -0.25) is 0 Å². The average molecular weight is 462 g/mol. The Kier molecular flexibility index (Phi) is 6.31. The molecule has 2 heterocycles. The second-order valence-corrected chi connectivity index (χ2v) is 9.86. The van der Waals surface area contributed by atoms with E-state index < -0.39 is 10.0 Å². The van der Waals surface area contributed by atoms with Crippen LogP contribution < -0.4 is 4.74 Å². The summed E-state index contributed by atoms with van der Waals surface area (Å²) in [5.41, 5.74) is 2.03. The highest BCUT2D eigenvalue weighted by Gasteiger charge is 2.32. The zero-order valence-electron chi connectivity index (χ0n) is 17.4. The monoisotopic (exact) mass is 461 g/mol. The van der Waals surface area contributed by atoms with E-state index in [2.05, 4.69) is 10.2 Å². The minimum Gasteiger partial charge on any atom is -0.492 e. The third-order valence-corrected chi connectivity index (χ3v) is 7.57. The summed E-state index contributed by atoms with van der Waals surface area (Å²) in [5, 5.41) is 8.66. The van der Waals surface area contributed by atoms with Gasteiger partial charge in [0.1, 0.15) is 5.75 Å². The molecule has 4 rings (SSSR count). The molecule has 0 radical (unpaired) electrons. The predicted octanol–water partition coefficient (Wildman–Crippen LogP) is 4.67. The minimum atomic E-state index is -3.64. The van der Waals surface area contributed by atoms with Crippen molar-refractivity contribution in [2.45, 2.75) is 37.5 Å². The lowest BCUT2D eigenvalue weighted by molar-refractivity contribution is 0.291. The summed E-state index contributed by atoms with van der Waals surface area (Å²) < 4.78 is 38.8. The molecule has 31 heavy (non-hydrogen) atoms. The van der Waals surface area contributed by atoms with Gasteiger partial charge in [0.25, 0.3) is 0 Å². The number of ether oxygens (including phenoxy) is 1. The third-order valence-electron chi connectivity index (χ3n) is 5.38. The fourth-order valence-corrected chi connectivity index (χ4v) is 5.42. The lowest BCUT2D eigenvalue weighted by atomic mass is 9.98. The summed E-state index contributed by atoms with van der Waals surface area (Å²) in [6.45, 7) is 5.07. The van der Waals surface area contributed by atoms with Crippen molar-refractivity contribution >= 4 is 21.6 Å². The second-order valence-electron chi connectivity index (χ2n) is 7.52. The Hall–Kier alpha value is -2.42. The van der Waals surface area contributed by atoms with E-state index in [4.69, 9.17) is 20.8 Å². The number of nitrogens with zero attached hydrogens (tertiary/aromatic N) is 3. The molecule has 164 valence electrons. The van der Waals surface area contributed by atoms with Crippen molar-refractivity contribution in [3.63, 3.8) is 0 Å². The number of piperidine rings is 1. The van der Waals surface area contributed by atoms with Crippen molar-refractivity contribution in [2.75, 3.05) is 19.7 Å². The molecule has 0 aliphatic carbocycles. The lowest BCUT2D eigenvalue weighted by Gasteiger charge is -2.29. The van der Waals surface area contributed by atoms with E-state index in [9.17, 15) is 8.42 Å². The van der Waals surface area contributed by atoms with E-state index in [1.54, 1.807) is 6.07 Å². The second kappa shape index (κ2) is 8.98. The number of benzene rings is 2. The van der Waals surface area contributed by atoms with Gasteiger partial charge in [-0.05, 0) is 57.0 Å². The number of rotatable bonds is 6. The highest BCUT2D eigenvalue weighted by Crippen LogP contribution is 2.33. The quantitative estimate of drug-likeness (QED) is 0.530. The van der Waals surface area contributed by atoms with E-state index in [0.717, 1.165) is 11.1 Å². The van der Waals surface area contributed by atoms with Crippen molar-refractivity contribution in [3.05, 3.63) is 58.9 Å². The number of sulfonamides is 1. The van der Waals surface area contributed by atoms with Gasteiger partial charge in [0, 0.05) is 24.6 Å². The molecule has 0 bridgehead atoms. The molecule has 0 saturated carbocycles. The van der Waals surface area contributed by atoms with Crippen LogP contribution in [0.2, 0.25) is 5.02 Å². The minimum absolute atomic E-state index is 0.0297. The van der Waals surface area contributed by atoms with Crippen molar-refractivity contribution in [3.8, 4) is 17.2 Å². The van der Waals surface area contributed by atoms with Crippen LogP contribution in [0.5, 0.6) is 5.75 Å². The molecule has 7 nitrogen and oxygen atoms in total. The van der Waals surface area contributed by atoms with Crippen molar-refractivity contribution in [1.29, 1.82) is 0 Å². The van der Waals surface area contributed by atoms with Gasteiger partial charge in [0.05, 0.1) is 16.5 Å². The molecule has 1 saturated heterocycles. The summed E-state index contributed by atoms with van der Waals surface area (Å²) in [4.78, 5) is 0.166. The highest BCUT2D eigenvalue weighted by atomic mass is 35.5. The summed E-state index contributed by atoms with van der Waals surface area (Å²) in [6.07, 6.45) is 1.22. The van der Waals surface area contributed by atoms with Gasteiger partial charge >= 0.3 is 0 Å². The van der Waals surface area contributed by atoms with Gasteiger partial charge in [0.2, 0.25) is 21.8 Å². The summed E-state index contributed by atoms with van der Waals surface area (Å²) >= 11 is 6.18. The van der Waals surface area contributed by atoms with Crippen LogP contribution in [-0.2, 0) is 10.0 Å². The lowest BCUT2D eigenvalue weighted by Crippen LogP contribution is -2.38. The molecule has 0 amide bonds. The molecule has 1 aliphatic heterocycles. The highest BCUT2D eigenvalue weighted by molar-refractivity contribution is 7.89. The first-order chi connectivity index (χ1) is 14.9. The van der Waals surface area contributed by atoms with E-state index >= 15 is 0 Å². The molecule has 9 heteroatoms. The maximum Gasteiger partial charge on any atom is 0.247 e. The van der Waals surface area contributed by atoms with Crippen LogP contribution in [0, 0.1) is 6.92 Å². The normalized spacial score (nSPS) is 15.8. The number of aryl methyl sites for hydroxylation is 1. The molecule has 1 aliphatic rings. The van der Waals surface area contributed by atoms with Crippen LogP contribution in [-0.4, -0.2) is 42.6 Å². The Morgan fingerprint density at radius 3 is 2.48 bits per heavy atom. The average Bonchev–Trinajstić information content (AvgIpc) is 3.26. The summed E-state index contributed by atoms with van der Waals surface area (Å²) in [5.74, 6) is 1.54. The van der Waals surface area contributed by atoms with Crippen molar-refractivity contribution in [2.24, 2.45) is 0 Å². The first-order valence-corrected chi connectivity index (χ1v) is 12.0. The zero-order chi connectivity index (χ0) is 22.0. The SMILES string of the molecule is CCOc1ccc(S(=O)(=O)N2CCC(c3nnc(-c4ccc(C)cc4)o3)CC2)cc1Cl. The largest absolute Gasteiger partial charge is 0.492 e. The third kappa shape index (κ3) is 4.61. The molecule has 0 atom stereocenters. The molecule has 1 aromatic heterocycles. The van der Waals surface area contributed by atoms with Gasteiger partial charge in [-0.1, -0.05) is 29.3 Å². The first kappa shape index (κ1) is 21.8. The fourth-order valence-electron chi connectivity index (χ4n) is 3.62. The maximum atomic E-state index is 13.0. The molecular formula is C22H24ClN3O4S. The number of aromatic nitrogens is 2. The van der Waals surface area contributed by atoms with E-state index in [1.807, 2.05) is 38.1 Å². The van der Waals surface area contributed by atoms with Crippen molar-refractivity contribution < 1.29 is 17.6 Å². The first-order valence-electron chi connectivity index (χ1n) is 10.2. The molecule has 1 fully saturated rings. The van der Waals surface area contributed by atoms with Crippen LogP contribution in [0.4, 0.5) is 0 Å². The Balaban J connectivity index is 1.44. The van der Waals surface area contributed by atoms with Gasteiger partial charge in [0.15, 0.2) is 0 Å². The van der Waals surface area contributed by atoms with E-state index in [0.29, 0.717) is 50.1 Å². The van der Waals surface area contributed by atoms with Gasteiger partial charge < -0.3 is 9.15 Å². The summed E-state index contributed by atoms with van der Waals surface area (Å²) in [6, 6.07) is 12.5. The fraction of sp³-hybridized carbons (Fsp3) is 0.364. The van der Waals surface area contributed by atoms with Gasteiger partial charge in [-0.15, -0.1) is 10.2 Å². The van der Waals surface area contributed by atoms with Crippen molar-refractivity contribution in [1.82, 2.24) is 14.5 Å². The standard InChI is InChI=1S/C22H24ClN3O4S/c1-3-29-20-9-8-18(14-19(20)23)31(27,28)26-12-10-17(11-13-26)22-25-24-21(30-22)16-6-4-15(2)5-7-16/h4-9,14,17H,3,10-13H2,1-2H3. The smallest absolute Gasteiger partial charge is 0.247 e. The molecule has 0 N–H and O–H groups in total. The number of hydrogen-bond donors (Lipinski definition) is 0. The number of halogens is 1. The Bertz CT molecular complexity index is 1150. The van der Waals surface area contributed by atoms with Crippen LogP contribution >= 0.6 is 11.6 Å². The molecule has 3 aromatic rings. The molecule has 0 unspecified atom stereocenters. The maximum absolute atomic E-state index is 13.0. The van der Waals surface area contributed by atoms with Crippen LogP contribution in [0.3, 0.4) is 0 Å². The zero-order valence-corrected chi connectivity index (χ0v) is 19.0. The van der Waals surface area contributed by atoms with Gasteiger partial charge in [-0.2, -0.15) is 4.31 Å².